The average molecular weight is 286 g/mol. The molecule has 6 heteroatoms. The van der Waals surface area contributed by atoms with Gasteiger partial charge in [0.2, 0.25) is 0 Å². The Labute approximate surface area is 118 Å². The van der Waals surface area contributed by atoms with Gasteiger partial charge in [-0.25, -0.2) is 4.98 Å². The fraction of sp³-hybridized carbons (Fsp3) is 0.538. The van der Waals surface area contributed by atoms with Crippen LogP contribution in [0.1, 0.15) is 37.2 Å². The van der Waals surface area contributed by atoms with E-state index < -0.39 is 0 Å². The third-order valence-corrected chi connectivity index (χ3v) is 2.70. The number of aromatic nitrogens is 1. The largest absolute Gasteiger partial charge is 0.384 e. The average Bonchev–Trinajstić information content (AvgIpc) is 2.36. The zero-order chi connectivity index (χ0) is 14.3. The first-order chi connectivity index (χ1) is 9.00. The van der Waals surface area contributed by atoms with E-state index >= 15 is 0 Å². The molecule has 0 radical (unpaired) electrons. The van der Waals surface area contributed by atoms with E-state index in [9.17, 15) is 4.79 Å². The highest BCUT2D eigenvalue weighted by Gasteiger charge is 2.11. The molecule has 1 heterocycles. The molecule has 0 spiro atoms. The highest BCUT2D eigenvalue weighted by atomic mass is 35.5. The number of halogens is 1. The number of nitrogens with one attached hydrogen (secondary N) is 1. The third kappa shape index (κ3) is 5.89. The molecule has 1 rings (SSSR count). The summed E-state index contributed by atoms with van der Waals surface area (Å²) < 4.78 is 5.41. The van der Waals surface area contributed by atoms with Crippen molar-refractivity contribution in [1.82, 2.24) is 10.3 Å². The van der Waals surface area contributed by atoms with Gasteiger partial charge in [-0.15, -0.1) is 0 Å². The summed E-state index contributed by atoms with van der Waals surface area (Å²) in [6, 6.07) is 3.12. The van der Waals surface area contributed by atoms with E-state index in [4.69, 9.17) is 22.1 Å². The van der Waals surface area contributed by atoms with E-state index in [0.717, 1.165) is 12.8 Å². The second kappa shape index (κ2) is 7.96. The van der Waals surface area contributed by atoms with Crippen LogP contribution in [0.25, 0.3) is 0 Å². The van der Waals surface area contributed by atoms with Gasteiger partial charge in [-0.2, -0.15) is 0 Å². The van der Waals surface area contributed by atoms with Gasteiger partial charge in [0.25, 0.3) is 5.91 Å². The van der Waals surface area contributed by atoms with Crippen molar-refractivity contribution in [3.8, 4) is 0 Å². The number of hydrogen-bond acceptors (Lipinski definition) is 4. The molecule has 0 saturated heterocycles. The minimum atomic E-state index is -0.304. The van der Waals surface area contributed by atoms with Crippen LogP contribution in [0.5, 0.6) is 0 Å². The Balaban J connectivity index is 2.29. The molecule has 0 aromatic carbocycles. The molecule has 0 fully saturated rings. The standard InChI is InChI=1S/C13H20ClN3O2/c1-9(2)19-8-4-3-7-16-13(18)12-10(14)5-6-11(15)17-12/h5-6,9H,3-4,7-8H2,1-2H3,(H2,15,17)(H,16,18). The van der Waals surface area contributed by atoms with Crippen molar-refractivity contribution in [3.63, 3.8) is 0 Å². The molecule has 106 valence electrons. The summed E-state index contributed by atoms with van der Waals surface area (Å²) in [6.07, 6.45) is 1.99. The summed E-state index contributed by atoms with van der Waals surface area (Å²) in [6.45, 7) is 5.25. The molecule has 5 nitrogen and oxygen atoms in total. The second-order valence-electron chi connectivity index (χ2n) is 4.45. The molecule has 0 unspecified atom stereocenters. The number of carbonyl (C=O) groups is 1. The van der Waals surface area contributed by atoms with Crippen LogP contribution in [0.15, 0.2) is 12.1 Å². The number of anilines is 1. The van der Waals surface area contributed by atoms with Gasteiger partial charge in [-0.05, 0) is 38.8 Å². The zero-order valence-electron chi connectivity index (χ0n) is 11.3. The van der Waals surface area contributed by atoms with Gasteiger partial charge in [0, 0.05) is 13.2 Å². The number of unbranched alkanes of at least 4 members (excludes halogenated alkanes) is 1. The van der Waals surface area contributed by atoms with Crippen molar-refractivity contribution < 1.29 is 9.53 Å². The second-order valence-corrected chi connectivity index (χ2v) is 4.86. The van der Waals surface area contributed by atoms with E-state index in [1.54, 1.807) is 12.1 Å². The van der Waals surface area contributed by atoms with Crippen LogP contribution in [0.3, 0.4) is 0 Å². The lowest BCUT2D eigenvalue weighted by molar-refractivity contribution is 0.0754. The molecule has 19 heavy (non-hydrogen) atoms. The van der Waals surface area contributed by atoms with Crippen molar-refractivity contribution in [2.45, 2.75) is 32.8 Å². The molecule has 1 aromatic rings. The first-order valence-electron chi connectivity index (χ1n) is 6.32. The summed E-state index contributed by atoms with van der Waals surface area (Å²) in [5, 5.41) is 3.06. The monoisotopic (exact) mass is 285 g/mol. The lowest BCUT2D eigenvalue weighted by atomic mass is 10.3. The Morgan fingerprint density at radius 1 is 1.47 bits per heavy atom. The lowest BCUT2D eigenvalue weighted by Gasteiger charge is -2.08. The number of carbonyl (C=O) groups excluding carboxylic acids is 1. The van der Waals surface area contributed by atoms with Gasteiger partial charge in [0.05, 0.1) is 11.1 Å². The van der Waals surface area contributed by atoms with Gasteiger partial charge in [-0.3, -0.25) is 4.79 Å². The molecule has 0 aliphatic rings. The zero-order valence-corrected chi connectivity index (χ0v) is 12.0. The third-order valence-electron chi connectivity index (χ3n) is 2.39. The maximum atomic E-state index is 11.8. The Hall–Kier alpha value is -1.33. The topological polar surface area (TPSA) is 77.2 Å². The molecular formula is C13H20ClN3O2. The normalized spacial score (nSPS) is 10.7. The van der Waals surface area contributed by atoms with E-state index in [1.807, 2.05) is 13.8 Å². The van der Waals surface area contributed by atoms with Crippen LogP contribution in [0.2, 0.25) is 5.02 Å². The number of nitrogens with zero attached hydrogens (tertiary/aromatic N) is 1. The molecule has 0 bridgehead atoms. The first kappa shape index (κ1) is 15.7. The highest BCUT2D eigenvalue weighted by Crippen LogP contribution is 2.14. The van der Waals surface area contributed by atoms with Crippen molar-refractivity contribution in [2.75, 3.05) is 18.9 Å². The predicted molar refractivity (Wildman–Crippen MR) is 76.3 cm³/mol. The molecule has 0 aliphatic carbocycles. The first-order valence-corrected chi connectivity index (χ1v) is 6.70. The van der Waals surface area contributed by atoms with Crippen LogP contribution in [-0.4, -0.2) is 30.1 Å². The van der Waals surface area contributed by atoms with Crippen LogP contribution in [0, 0.1) is 0 Å². The van der Waals surface area contributed by atoms with E-state index in [1.165, 1.54) is 0 Å². The summed E-state index contributed by atoms with van der Waals surface area (Å²) in [5.41, 5.74) is 5.69. The number of nitrogens with two attached hydrogens (primary N) is 1. The quantitative estimate of drug-likeness (QED) is 0.753. The van der Waals surface area contributed by atoms with Crippen molar-refractivity contribution in [1.29, 1.82) is 0 Å². The van der Waals surface area contributed by atoms with Crippen LogP contribution in [-0.2, 0) is 4.74 Å². The van der Waals surface area contributed by atoms with E-state index in [0.29, 0.717) is 18.2 Å². The number of amides is 1. The van der Waals surface area contributed by atoms with Gasteiger partial charge in [0.15, 0.2) is 0 Å². The van der Waals surface area contributed by atoms with Crippen LogP contribution >= 0.6 is 11.6 Å². The fourth-order valence-corrected chi connectivity index (χ4v) is 1.64. The predicted octanol–water partition coefficient (Wildman–Crippen LogP) is 2.25. The van der Waals surface area contributed by atoms with Crippen molar-refractivity contribution in [3.05, 3.63) is 22.8 Å². The number of ether oxygens (including phenoxy) is 1. The summed E-state index contributed by atoms with van der Waals surface area (Å²) >= 11 is 5.89. The van der Waals surface area contributed by atoms with Crippen molar-refractivity contribution >= 4 is 23.3 Å². The molecule has 1 amide bonds. The number of rotatable bonds is 7. The van der Waals surface area contributed by atoms with Crippen LogP contribution in [0.4, 0.5) is 5.82 Å². The minimum Gasteiger partial charge on any atom is -0.384 e. The minimum absolute atomic E-state index is 0.167. The molecular weight excluding hydrogens is 266 g/mol. The van der Waals surface area contributed by atoms with Gasteiger partial charge < -0.3 is 15.8 Å². The molecule has 1 aromatic heterocycles. The number of hydrogen-bond donors (Lipinski definition) is 2. The van der Waals surface area contributed by atoms with E-state index in [-0.39, 0.29) is 23.5 Å². The maximum Gasteiger partial charge on any atom is 0.271 e. The fourth-order valence-electron chi connectivity index (χ4n) is 1.45. The smallest absolute Gasteiger partial charge is 0.271 e. The summed E-state index contributed by atoms with van der Waals surface area (Å²) in [7, 11) is 0. The SMILES string of the molecule is CC(C)OCCCCNC(=O)c1nc(N)ccc1Cl. The Bertz CT molecular complexity index is 424. The summed E-state index contributed by atoms with van der Waals surface area (Å²) in [4.78, 5) is 15.7. The molecule has 0 atom stereocenters. The molecule has 0 saturated carbocycles. The Morgan fingerprint density at radius 3 is 2.89 bits per heavy atom. The van der Waals surface area contributed by atoms with E-state index in [2.05, 4.69) is 10.3 Å². The Kier molecular flexibility index (Phi) is 6.59. The van der Waals surface area contributed by atoms with Crippen molar-refractivity contribution in [2.24, 2.45) is 0 Å². The molecule has 3 N–H and O–H groups in total. The van der Waals surface area contributed by atoms with Gasteiger partial charge in [0.1, 0.15) is 11.5 Å². The highest BCUT2D eigenvalue weighted by molar-refractivity contribution is 6.33. The van der Waals surface area contributed by atoms with Gasteiger partial charge >= 0.3 is 0 Å². The number of nitrogen functional groups attached to an aromatic ring is 1. The maximum absolute atomic E-state index is 11.8. The molecule has 0 aliphatic heterocycles. The number of pyridine rings is 1. The lowest BCUT2D eigenvalue weighted by Crippen LogP contribution is -2.26. The summed E-state index contributed by atoms with van der Waals surface area (Å²) in [5.74, 6) is -0.0260. The van der Waals surface area contributed by atoms with Crippen LogP contribution < -0.4 is 11.1 Å². The Morgan fingerprint density at radius 2 is 2.21 bits per heavy atom. The van der Waals surface area contributed by atoms with Gasteiger partial charge in [-0.1, -0.05) is 11.6 Å².